The number of nitrogens with one attached hydrogen (secondary N) is 1. The molecule has 6 nitrogen and oxygen atoms in total. The fourth-order valence-corrected chi connectivity index (χ4v) is 3.16. The van der Waals surface area contributed by atoms with Crippen LogP contribution in [0.25, 0.3) is 0 Å². The third-order valence-corrected chi connectivity index (χ3v) is 4.82. The van der Waals surface area contributed by atoms with E-state index >= 15 is 0 Å². The lowest BCUT2D eigenvalue weighted by Gasteiger charge is -2.09. The quantitative estimate of drug-likeness (QED) is 0.578. The lowest BCUT2D eigenvalue weighted by atomic mass is 10.1. The Kier molecular flexibility index (Phi) is 6.36. The van der Waals surface area contributed by atoms with Crippen molar-refractivity contribution < 1.29 is 13.9 Å². The van der Waals surface area contributed by atoms with Gasteiger partial charge in [-0.2, -0.15) is 0 Å². The average molecular weight is 404 g/mol. The molecule has 0 spiro atoms. The minimum atomic E-state index is -0.209. The summed E-state index contributed by atoms with van der Waals surface area (Å²) in [6, 6.07) is 13.0. The van der Waals surface area contributed by atoms with Gasteiger partial charge in [0.2, 0.25) is 5.91 Å². The average Bonchev–Trinajstić information content (AvgIpc) is 3.09. The van der Waals surface area contributed by atoms with E-state index in [1.54, 1.807) is 24.3 Å². The molecule has 0 fully saturated rings. The summed E-state index contributed by atoms with van der Waals surface area (Å²) >= 11 is 7.17. The van der Waals surface area contributed by atoms with E-state index in [1.807, 2.05) is 32.0 Å². The topological polar surface area (TPSA) is 77.2 Å². The minimum Gasteiger partial charge on any atom is -0.483 e. The van der Waals surface area contributed by atoms with Gasteiger partial charge in [-0.3, -0.25) is 4.79 Å². The molecular weight excluding hydrogens is 386 g/mol. The van der Waals surface area contributed by atoms with Crippen molar-refractivity contribution in [2.75, 3.05) is 11.1 Å². The number of para-hydroxylation sites is 2. The number of halogens is 1. The number of ether oxygens (including phenoxy) is 1. The van der Waals surface area contributed by atoms with Crippen LogP contribution in [0.15, 0.2) is 52.1 Å². The van der Waals surface area contributed by atoms with Crippen molar-refractivity contribution in [3.05, 3.63) is 64.5 Å². The van der Waals surface area contributed by atoms with E-state index < -0.39 is 0 Å². The van der Waals surface area contributed by atoms with Crippen LogP contribution in [0.1, 0.15) is 17.0 Å². The van der Waals surface area contributed by atoms with Gasteiger partial charge in [0.05, 0.1) is 16.5 Å². The molecule has 2 aromatic carbocycles. The second-order valence-corrected chi connectivity index (χ2v) is 7.12. The van der Waals surface area contributed by atoms with E-state index in [4.69, 9.17) is 20.8 Å². The summed E-state index contributed by atoms with van der Waals surface area (Å²) < 4.78 is 11.3. The van der Waals surface area contributed by atoms with Crippen molar-refractivity contribution in [2.45, 2.75) is 25.7 Å². The molecule has 140 valence electrons. The van der Waals surface area contributed by atoms with Gasteiger partial charge in [-0.1, -0.05) is 53.7 Å². The Morgan fingerprint density at radius 1 is 1.15 bits per heavy atom. The van der Waals surface area contributed by atoms with E-state index in [1.165, 1.54) is 0 Å². The maximum atomic E-state index is 12.0. The Balaban J connectivity index is 1.51. The van der Waals surface area contributed by atoms with Crippen molar-refractivity contribution in [2.24, 2.45) is 0 Å². The number of benzene rings is 2. The monoisotopic (exact) mass is 403 g/mol. The van der Waals surface area contributed by atoms with Gasteiger partial charge in [0.25, 0.3) is 11.1 Å². The largest absolute Gasteiger partial charge is 0.483 e. The van der Waals surface area contributed by atoms with Gasteiger partial charge >= 0.3 is 0 Å². The summed E-state index contributed by atoms with van der Waals surface area (Å²) in [7, 11) is 0. The highest BCUT2D eigenvalue weighted by Gasteiger charge is 2.12. The molecule has 0 bridgehead atoms. The maximum absolute atomic E-state index is 12.0. The number of carbonyl (C=O) groups is 1. The summed E-state index contributed by atoms with van der Waals surface area (Å²) in [5.41, 5.74) is 2.65. The first-order valence-corrected chi connectivity index (χ1v) is 9.58. The zero-order valence-electron chi connectivity index (χ0n) is 14.9. The number of aromatic nitrogens is 2. The van der Waals surface area contributed by atoms with Crippen LogP contribution >= 0.6 is 23.4 Å². The molecule has 3 rings (SSSR count). The third kappa shape index (κ3) is 5.24. The second kappa shape index (κ2) is 8.92. The molecule has 0 unspecified atom stereocenters. The smallest absolute Gasteiger partial charge is 0.277 e. The van der Waals surface area contributed by atoms with Crippen LogP contribution in [-0.4, -0.2) is 21.9 Å². The number of rotatable bonds is 7. The van der Waals surface area contributed by atoms with E-state index in [0.717, 1.165) is 28.6 Å². The molecule has 0 saturated carbocycles. The predicted octanol–water partition coefficient (Wildman–Crippen LogP) is 4.65. The number of thioether (sulfide) groups is 1. The van der Waals surface area contributed by atoms with Gasteiger partial charge in [0.15, 0.2) is 6.61 Å². The van der Waals surface area contributed by atoms with Gasteiger partial charge < -0.3 is 14.5 Å². The first kappa shape index (κ1) is 19.3. The highest BCUT2D eigenvalue weighted by molar-refractivity contribution is 7.99. The van der Waals surface area contributed by atoms with Crippen molar-refractivity contribution in [1.82, 2.24) is 10.2 Å². The molecule has 8 heteroatoms. The molecule has 1 N–H and O–H groups in total. The molecule has 0 radical (unpaired) electrons. The molecule has 0 aliphatic heterocycles. The molecular formula is C19H18ClN3O3S. The normalized spacial score (nSPS) is 10.6. The van der Waals surface area contributed by atoms with Crippen LogP contribution in [0.5, 0.6) is 5.75 Å². The van der Waals surface area contributed by atoms with Crippen LogP contribution in [0.2, 0.25) is 5.02 Å². The zero-order valence-corrected chi connectivity index (χ0v) is 16.4. The first-order chi connectivity index (χ1) is 13.0. The summed E-state index contributed by atoms with van der Waals surface area (Å²) in [6.45, 7) is 4.13. The molecule has 1 aromatic heterocycles. The summed E-state index contributed by atoms with van der Waals surface area (Å²) in [5, 5.41) is 11.4. The number of aryl methyl sites for hydroxylation is 2. The van der Waals surface area contributed by atoms with Gasteiger partial charge in [0.1, 0.15) is 5.75 Å². The molecule has 0 saturated heterocycles. The van der Waals surface area contributed by atoms with E-state index in [2.05, 4.69) is 15.5 Å². The van der Waals surface area contributed by atoms with Crippen molar-refractivity contribution in [3.8, 4) is 5.75 Å². The first-order valence-electron chi connectivity index (χ1n) is 8.21. The number of anilines is 1. The number of amides is 1. The highest BCUT2D eigenvalue weighted by atomic mass is 35.5. The number of hydrogen-bond donors (Lipinski definition) is 1. The van der Waals surface area contributed by atoms with Gasteiger partial charge in [-0.25, -0.2) is 0 Å². The van der Waals surface area contributed by atoms with Crippen molar-refractivity contribution in [1.29, 1.82) is 0 Å². The number of carbonyl (C=O) groups excluding carboxylic acids is 1. The maximum Gasteiger partial charge on any atom is 0.277 e. The molecule has 0 aliphatic carbocycles. The van der Waals surface area contributed by atoms with E-state index in [0.29, 0.717) is 21.8 Å². The molecule has 1 heterocycles. The van der Waals surface area contributed by atoms with Crippen LogP contribution in [0, 0.1) is 13.8 Å². The van der Waals surface area contributed by atoms with Gasteiger partial charge in [-0.05, 0) is 37.1 Å². The Bertz CT molecular complexity index is 925. The molecule has 0 aliphatic rings. The second-order valence-electron chi connectivity index (χ2n) is 5.79. The highest BCUT2D eigenvalue weighted by Crippen LogP contribution is 2.24. The molecule has 1 amide bonds. The van der Waals surface area contributed by atoms with Crippen LogP contribution in [0.4, 0.5) is 5.69 Å². The predicted molar refractivity (Wildman–Crippen MR) is 105 cm³/mol. The fraction of sp³-hybridized carbons (Fsp3) is 0.211. The van der Waals surface area contributed by atoms with Crippen LogP contribution in [0.3, 0.4) is 0 Å². The fourth-order valence-electron chi connectivity index (χ4n) is 2.39. The Hall–Kier alpha value is -2.51. The lowest BCUT2D eigenvalue weighted by Crippen LogP contribution is -2.14. The zero-order chi connectivity index (χ0) is 19.2. The Morgan fingerprint density at radius 3 is 2.63 bits per heavy atom. The van der Waals surface area contributed by atoms with Crippen LogP contribution in [-0.2, 0) is 11.4 Å². The standard InChI is InChI=1S/C19H18ClN3O3S/c1-12-6-5-7-13(2)18(12)25-10-17-22-23-19(26-17)27-11-16(24)21-15-9-4-3-8-14(15)20/h3-9H,10-11H2,1-2H3,(H,21,24). The summed E-state index contributed by atoms with van der Waals surface area (Å²) in [5.74, 6) is 1.08. The summed E-state index contributed by atoms with van der Waals surface area (Å²) in [6.07, 6.45) is 0. The van der Waals surface area contributed by atoms with Crippen molar-refractivity contribution >= 4 is 35.0 Å². The van der Waals surface area contributed by atoms with Crippen molar-refractivity contribution in [3.63, 3.8) is 0 Å². The Labute approximate surface area is 166 Å². The number of nitrogens with zero attached hydrogens (tertiary/aromatic N) is 2. The van der Waals surface area contributed by atoms with Crippen LogP contribution < -0.4 is 10.1 Å². The minimum absolute atomic E-state index is 0.130. The van der Waals surface area contributed by atoms with Gasteiger partial charge in [0, 0.05) is 0 Å². The number of hydrogen-bond acceptors (Lipinski definition) is 6. The lowest BCUT2D eigenvalue weighted by molar-refractivity contribution is -0.113. The third-order valence-electron chi connectivity index (χ3n) is 3.67. The molecule has 0 atom stereocenters. The van der Waals surface area contributed by atoms with E-state index in [-0.39, 0.29) is 18.3 Å². The SMILES string of the molecule is Cc1cccc(C)c1OCc1nnc(SCC(=O)Nc2ccccc2Cl)o1. The summed E-state index contributed by atoms with van der Waals surface area (Å²) in [4.78, 5) is 12.0. The van der Waals surface area contributed by atoms with E-state index in [9.17, 15) is 4.79 Å². The van der Waals surface area contributed by atoms with Gasteiger partial charge in [-0.15, -0.1) is 10.2 Å². The molecule has 3 aromatic rings. The molecule has 27 heavy (non-hydrogen) atoms. The Morgan fingerprint density at radius 2 is 1.89 bits per heavy atom.